The molecule has 6 nitrogen and oxygen atoms in total. The first-order valence-electron chi connectivity index (χ1n) is 9.74. The number of aliphatic hydroxyl groups is 1. The molecule has 1 atom stereocenters. The van der Waals surface area contributed by atoms with Crippen molar-refractivity contribution in [3.05, 3.63) is 42.1 Å². The summed E-state index contributed by atoms with van der Waals surface area (Å²) in [5.74, 6) is 0.178. The number of halogens is 4. The minimum absolute atomic E-state index is 0.0191. The Hall–Kier alpha value is -2.88. The topological polar surface area (TPSA) is 62.9 Å². The summed E-state index contributed by atoms with van der Waals surface area (Å²) < 4.78 is 58.5. The van der Waals surface area contributed by atoms with Crippen molar-refractivity contribution in [3.8, 4) is 17.0 Å². The van der Waals surface area contributed by atoms with Crippen molar-refractivity contribution in [2.24, 2.45) is 0 Å². The molecule has 1 N–H and O–H groups in total. The summed E-state index contributed by atoms with van der Waals surface area (Å²) in [4.78, 5) is 6.06. The summed E-state index contributed by atoms with van der Waals surface area (Å²) in [6.45, 7) is 5.08. The molecule has 1 aliphatic heterocycles. The van der Waals surface area contributed by atoms with Crippen LogP contribution in [0.1, 0.15) is 25.8 Å². The Kier molecular flexibility index (Phi) is 4.88. The molecule has 166 valence electrons. The van der Waals surface area contributed by atoms with E-state index in [4.69, 9.17) is 0 Å². The molecule has 1 unspecified atom stereocenters. The lowest BCUT2D eigenvalue weighted by Crippen LogP contribution is -2.48. The van der Waals surface area contributed by atoms with Gasteiger partial charge in [0.2, 0.25) is 0 Å². The SMILES string of the molecule is Cc1cc2ncc(-c3cccc(OC(F)(F)F)c3)n2nc1N1CCC(F)(C(C)(C)O)C1. The maximum Gasteiger partial charge on any atom is 0.573 e. The molecule has 2 aromatic heterocycles. The number of aromatic nitrogens is 3. The largest absolute Gasteiger partial charge is 0.573 e. The van der Waals surface area contributed by atoms with Crippen LogP contribution in [-0.2, 0) is 0 Å². The Morgan fingerprint density at radius 2 is 1.94 bits per heavy atom. The number of ether oxygens (including phenoxy) is 1. The summed E-state index contributed by atoms with van der Waals surface area (Å²) in [5.41, 5.74) is -1.09. The highest BCUT2D eigenvalue weighted by atomic mass is 19.4. The summed E-state index contributed by atoms with van der Waals surface area (Å²) in [7, 11) is 0. The average molecular weight is 438 g/mol. The summed E-state index contributed by atoms with van der Waals surface area (Å²) >= 11 is 0. The Morgan fingerprint density at radius 1 is 1.19 bits per heavy atom. The van der Waals surface area contributed by atoms with E-state index in [0.29, 0.717) is 29.3 Å². The average Bonchev–Trinajstić information content (AvgIpc) is 3.23. The van der Waals surface area contributed by atoms with Crippen molar-refractivity contribution in [1.82, 2.24) is 14.6 Å². The lowest BCUT2D eigenvalue weighted by Gasteiger charge is -2.33. The summed E-state index contributed by atoms with van der Waals surface area (Å²) in [5, 5.41) is 14.8. The van der Waals surface area contributed by atoms with E-state index in [1.807, 2.05) is 6.92 Å². The minimum atomic E-state index is -4.80. The van der Waals surface area contributed by atoms with E-state index in [1.54, 1.807) is 17.0 Å². The third kappa shape index (κ3) is 4.04. The summed E-state index contributed by atoms with van der Waals surface area (Å²) in [6.07, 6.45) is -3.13. The van der Waals surface area contributed by atoms with E-state index in [2.05, 4.69) is 14.8 Å². The number of hydrogen-bond donors (Lipinski definition) is 1. The van der Waals surface area contributed by atoms with Crippen LogP contribution in [0.4, 0.5) is 23.4 Å². The van der Waals surface area contributed by atoms with E-state index in [-0.39, 0.29) is 18.7 Å². The number of aryl methyl sites for hydroxylation is 1. The fourth-order valence-electron chi connectivity index (χ4n) is 3.81. The number of benzene rings is 1. The molecule has 0 aliphatic carbocycles. The molecule has 1 aromatic carbocycles. The first-order chi connectivity index (χ1) is 14.4. The van der Waals surface area contributed by atoms with Gasteiger partial charge in [0.1, 0.15) is 5.75 Å². The number of imidazole rings is 1. The highest BCUT2D eigenvalue weighted by molar-refractivity contribution is 5.66. The molecule has 4 rings (SSSR count). The number of alkyl halides is 4. The quantitative estimate of drug-likeness (QED) is 0.616. The molecule has 3 aromatic rings. The van der Waals surface area contributed by atoms with Crippen LogP contribution in [0.3, 0.4) is 0 Å². The van der Waals surface area contributed by atoms with Gasteiger partial charge < -0.3 is 14.7 Å². The highest BCUT2D eigenvalue weighted by Gasteiger charge is 2.50. The van der Waals surface area contributed by atoms with E-state index >= 15 is 4.39 Å². The molecule has 3 heterocycles. The Labute approximate surface area is 176 Å². The molecule has 1 aliphatic rings. The number of rotatable bonds is 4. The van der Waals surface area contributed by atoms with Crippen molar-refractivity contribution in [1.29, 1.82) is 0 Å². The van der Waals surface area contributed by atoms with Gasteiger partial charge in [0.05, 0.1) is 24.0 Å². The highest BCUT2D eigenvalue weighted by Crippen LogP contribution is 2.38. The monoisotopic (exact) mass is 438 g/mol. The predicted octanol–water partition coefficient (Wildman–Crippen LogP) is 4.29. The fourth-order valence-corrected chi connectivity index (χ4v) is 3.81. The lowest BCUT2D eigenvalue weighted by atomic mass is 9.87. The molecule has 0 amide bonds. The summed E-state index contributed by atoms with van der Waals surface area (Å²) in [6, 6.07) is 7.33. The van der Waals surface area contributed by atoms with E-state index < -0.39 is 17.6 Å². The normalized spacial score (nSPS) is 19.9. The number of fused-ring (bicyclic) bond motifs is 1. The van der Waals surface area contributed by atoms with Crippen molar-refractivity contribution < 1.29 is 27.4 Å². The maximum atomic E-state index is 15.2. The molecular weight excluding hydrogens is 416 g/mol. The number of hydrogen-bond acceptors (Lipinski definition) is 5. The van der Waals surface area contributed by atoms with Gasteiger partial charge in [0.15, 0.2) is 17.1 Å². The third-order valence-electron chi connectivity index (χ3n) is 5.64. The maximum absolute atomic E-state index is 15.2. The van der Waals surface area contributed by atoms with Crippen LogP contribution >= 0.6 is 0 Å². The van der Waals surface area contributed by atoms with Crippen LogP contribution in [0, 0.1) is 6.92 Å². The second-order valence-corrected chi connectivity index (χ2v) is 8.34. The van der Waals surface area contributed by atoms with Crippen molar-refractivity contribution in [2.45, 2.75) is 44.8 Å². The molecular formula is C21H22F4N4O2. The number of anilines is 1. The van der Waals surface area contributed by atoms with Crippen LogP contribution in [0.5, 0.6) is 5.75 Å². The van der Waals surface area contributed by atoms with Gasteiger partial charge in [0, 0.05) is 18.5 Å². The molecule has 1 saturated heterocycles. The Morgan fingerprint density at radius 3 is 2.58 bits per heavy atom. The van der Waals surface area contributed by atoms with E-state index in [1.165, 1.54) is 42.8 Å². The van der Waals surface area contributed by atoms with Crippen LogP contribution in [0.2, 0.25) is 0 Å². The van der Waals surface area contributed by atoms with Crippen molar-refractivity contribution in [2.75, 3.05) is 18.0 Å². The Bertz CT molecular complexity index is 1120. The minimum Gasteiger partial charge on any atom is -0.406 e. The molecule has 0 radical (unpaired) electrons. The van der Waals surface area contributed by atoms with Crippen LogP contribution in [0.25, 0.3) is 16.9 Å². The Balaban J connectivity index is 1.72. The van der Waals surface area contributed by atoms with Gasteiger partial charge >= 0.3 is 6.36 Å². The van der Waals surface area contributed by atoms with Crippen LogP contribution in [0.15, 0.2) is 36.5 Å². The van der Waals surface area contributed by atoms with Crippen molar-refractivity contribution >= 4 is 11.5 Å². The number of nitrogens with zero attached hydrogens (tertiary/aromatic N) is 4. The van der Waals surface area contributed by atoms with Gasteiger partial charge in [-0.3, -0.25) is 0 Å². The first kappa shape index (κ1) is 21.4. The van der Waals surface area contributed by atoms with Gasteiger partial charge in [0.25, 0.3) is 0 Å². The van der Waals surface area contributed by atoms with Gasteiger partial charge in [-0.05, 0) is 44.5 Å². The van der Waals surface area contributed by atoms with Gasteiger partial charge in [-0.2, -0.15) is 0 Å². The van der Waals surface area contributed by atoms with Gasteiger partial charge in [-0.1, -0.05) is 12.1 Å². The smallest absolute Gasteiger partial charge is 0.406 e. The molecule has 0 bridgehead atoms. The molecule has 0 saturated carbocycles. The van der Waals surface area contributed by atoms with Gasteiger partial charge in [-0.15, -0.1) is 18.3 Å². The zero-order chi connectivity index (χ0) is 22.6. The van der Waals surface area contributed by atoms with Crippen LogP contribution < -0.4 is 9.64 Å². The predicted molar refractivity (Wildman–Crippen MR) is 107 cm³/mol. The van der Waals surface area contributed by atoms with E-state index in [0.717, 1.165) is 5.56 Å². The zero-order valence-electron chi connectivity index (χ0n) is 17.2. The molecule has 31 heavy (non-hydrogen) atoms. The second kappa shape index (κ2) is 7.08. The fraction of sp³-hybridized carbons (Fsp3) is 0.429. The van der Waals surface area contributed by atoms with Crippen molar-refractivity contribution in [3.63, 3.8) is 0 Å². The molecule has 1 fully saturated rings. The lowest BCUT2D eigenvalue weighted by molar-refractivity contribution is -0.274. The first-order valence-corrected chi connectivity index (χ1v) is 9.74. The zero-order valence-corrected chi connectivity index (χ0v) is 17.2. The standard InChI is InChI=1S/C21H22F4N4O2/c1-13-9-17-26-11-16(14-5-4-6-15(10-14)31-21(23,24)25)29(17)27-18(13)28-8-7-20(22,12-28)19(2,3)30/h4-6,9-11,30H,7-8,12H2,1-3H3. The van der Waals surface area contributed by atoms with E-state index in [9.17, 15) is 18.3 Å². The third-order valence-corrected chi connectivity index (χ3v) is 5.64. The second-order valence-electron chi connectivity index (χ2n) is 8.34. The molecule has 0 spiro atoms. The van der Waals surface area contributed by atoms with Crippen LogP contribution in [-0.4, -0.2) is 50.4 Å². The van der Waals surface area contributed by atoms with Gasteiger partial charge in [-0.25, -0.2) is 13.9 Å². The molecule has 10 heteroatoms.